The zero-order valence-corrected chi connectivity index (χ0v) is 20.0. The number of nitrogens with zero attached hydrogens (tertiary/aromatic N) is 7. The van der Waals surface area contributed by atoms with Gasteiger partial charge in [0.25, 0.3) is 0 Å². The summed E-state index contributed by atoms with van der Waals surface area (Å²) in [7, 11) is 1.71. The number of nitrogens with one attached hydrogen (secondary N) is 1. The van der Waals surface area contributed by atoms with E-state index in [9.17, 15) is 4.79 Å². The van der Waals surface area contributed by atoms with Crippen molar-refractivity contribution in [2.24, 2.45) is 0 Å². The number of rotatable bonds is 4. The zero-order chi connectivity index (χ0) is 24.2. The van der Waals surface area contributed by atoms with E-state index in [4.69, 9.17) is 14.7 Å². The Morgan fingerprint density at radius 3 is 2.78 bits per heavy atom. The summed E-state index contributed by atoms with van der Waals surface area (Å²) in [5.41, 5.74) is 4.59. The van der Waals surface area contributed by atoms with Gasteiger partial charge in [0.05, 0.1) is 24.9 Å². The number of ether oxygens (including phenoxy) is 1. The van der Waals surface area contributed by atoms with E-state index in [1.54, 1.807) is 7.11 Å². The summed E-state index contributed by atoms with van der Waals surface area (Å²) < 4.78 is 7.90. The summed E-state index contributed by atoms with van der Waals surface area (Å²) in [5.74, 6) is 2.62. The number of pyridine rings is 1. The van der Waals surface area contributed by atoms with E-state index in [1.165, 1.54) is 0 Å². The van der Waals surface area contributed by atoms with Gasteiger partial charge in [0.2, 0.25) is 5.95 Å². The smallest absolute Gasteiger partial charge is 0.317 e. The van der Waals surface area contributed by atoms with E-state index in [2.05, 4.69) is 30.8 Å². The first kappa shape index (κ1) is 21.1. The number of urea groups is 1. The van der Waals surface area contributed by atoms with Crippen LogP contribution in [0.4, 0.5) is 10.7 Å². The maximum Gasteiger partial charge on any atom is 0.317 e. The molecule has 0 bridgehead atoms. The number of para-hydroxylation sites is 1. The number of piperazine rings is 1. The van der Waals surface area contributed by atoms with E-state index in [1.807, 2.05) is 47.6 Å². The molecule has 3 aliphatic rings. The van der Waals surface area contributed by atoms with Crippen LogP contribution < -0.4 is 15.0 Å². The van der Waals surface area contributed by atoms with E-state index < -0.39 is 0 Å². The van der Waals surface area contributed by atoms with Gasteiger partial charge in [0.1, 0.15) is 17.1 Å². The number of hydrogen-bond acceptors (Lipinski definition) is 7. The van der Waals surface area contributed by atoms with Gasteiger partial charge in [-0.15, -0.1) is 0 Å². The van der Waals surface area contributed by atoms with Crippen LogP contribution >= 0.6 is 0 Å². The molecule has 2 fully saturated rings. The van der Waals surface area contributed by atoms with E-state index >= 15 is 0 Å². The third kappa shape index (κ3) is 3.28. The van der Waals surface area contributed by atoms with Crippen LogP contribution in [0.25, 0.3) is 22.4 Å². The first-order valence-electron chi connectivity index (χ1n) is 12.3. The highest BCUT2D eigenvalue weighted by Gasteiger charge is 2.36. The largest absolute Gasteiger partial charge is 0.496 e. The number of carbonyl (C=O) groups is 1. The van der Waals surface area contributed by atoms with Crippen molar-refractivity contribution in [3.05, 3.63) is 60.2 Å². The van der Waals surface area contributed by atoms with Crippen molar-refractivity contribution >= 4 is 23.1 Å². The summed E-state index contributed by atoms with van der Waals surface area (Å²) in [6.45, 7) is 2.80. The minimum absolute atomic E-state index is 0.0247. The summed E-state index contributed by atoms with van der Waals surface area (Å²) >= 11 is 0. The van der Waals surface area contributed by atoms with Crippen LogP contribution in [0.5, 0.6) is 5.75 Å². The minimum Gasteiger partial charge on any atom is -0.496 e. The molecule has 7 rings (SSSR count). The molecule has 4 aromatic rings. The van der Waals surface area contributed by atoms with Gasteiger partial charge < -0.3 is 24.4 Å². The van der Waals surface area contributed by atoms with Crippen molar-refractivity contribution in [2.45, 2.75) is 24.9 Å². The molecule has 0 spiro atoms. The van der Waals surface area contributed by atoms with Crippen LogP contribution in [0.2, 0.25) is 0 Å². The molecule has 2 unspecified atom stereocenters. The number of fused-ring (bicyclic) bond motifs is 4. The fourth-order valence-corrected chi connectivity index (χ4v) is 5.72. The molecule has 2 amide bonds. The molecular weight excluding hydrogens is 456 g/mol. The van der Waals surface area contributed by atoms with Crippen molar-refractivity contribution < 1.29 is 9.53 Å². The van der Waals surface area contributed by atoms with Gasteiger partial charge in [-0.25, -0.2) is 24.7 Å². The first-order chi connectivity index (χ1) is 17.7. The monoisotopic (exact) mass is 482 g/mol. The van der Waals surface area contributed by atoms with Gasteiger partial charge in [0, 0.05) is 56.1 Å². The number of methoxy groups -OCH3 is 1. The Bertz CT molecular complexity index is 1470. The molecule has 182 valence electrons. The molecule has 1 N–H and O–H groups in total. The summed E-state index contributed by atoms with van der Waals surface area (Å²) in [6.07, 6.45) is 5.54. The van der Waals surface area contributed by atoms with E-state index in [0.29, 0.717) is 19.0 Å². The van der Waals surface area contributed by atoms with Crippen molar-refractivity contribution in [3.63, 3.8) is 0 Å². The van der Waals surface area contributed by atoms with Gasteiger partial charge in [-0.3, -0.25) is 0 Å². The Morgan fingerprint density at radius 1 is 1.06 bits per heavy atom. The Morgan fingerprint density at radius 2 is 1.92 bits per heavy atom. The molecule has 0 radical (unpaired) electrons. The zero-order valence-electron chi connectivity index (χ0n) is 20.0. The third-order valence-electron chi connectivity index (χ3n) is 7.51. The highest BCUT2D eigenvalue weighted by Crippen LogP contribution is 2.39. The van der Waals surface area contributed by atoms with Crippen LogP contribution in [0.3, 0.4) is 0 Å². The Labute approximate surface area is 208 Å². The topological polar surface area (TPSA) is 101 Å². The predicted octanol–water partition coefficient (Wildman–Crippen LogP) is 2.65. The second-order valence-corrected chi connectivity index (χ2v) is 9.48. The maximum absolute atomic E-state index is 11.9. The van der Waals surface area contributed by atoms with Gasteiger partial charge in [-0.05, 0) is 24.6 Å². The maximum atomic E-state index is 11.9. The summed E-state index contributed by atoms with van der Waals surface area (Å²) in [4.78, 5) is 35.1. The first-order valence-corrected chi connectivity index (χ1v) is 12.3. The second-order valence-electron chi connectivity index (χ2n) is 9.48. The van der Waals surface area contributed by atoms with Gasteiger partial charge in [0.15, 0.2) is 5.65 Å². The predicted molar refractivity (Wildman–Crippen MR) is 134 cm³/mol. The molecule has 2 saturated heterocycles. The number of benzene rings is 1. The van der Waals surface area contributed by atoms with Crippen LogP contribution in [-0.4, -0.2) is 74.8 Å². The molecule has 3 aromatic heterocycles. The van der Waals surface area contributed by atoms with Crippen molar-refractivity contribution in [1.29, 1.82) is 0 Å². The second kappa shape index (κ2) is 8.18. The summed E-state index contributed by atoms with van der Waals surface area (Å²) in [6, 6.07) is 12.5. The normalized spacial score (nSPS) is 21.0. The highest BCUT2D eigenvalue weighted by molar-refractivity contribution is 5.78. The highest BCUT2D eigenvalue weighted by atomic mass is 16.5. The molecule has 10 heteroatoms. The van der Waals surface area contributed by atoms with Gasteiger partial charge in [-0.2, -0.15) is 0 Å². The molecule has 6 heterocycles. The number of anilines is 1. The quantitative estimate of drug-likeness (QED) is 0.477. The Balaban J connectivity index is 1.19. The standard InChI is InChI=1S/C26H26N8O2/c1-36-22-5-3-2-4-18(22)21-8-9-23-30-20-7-6-19(31-24(20)34(21)23)16-12-27-25(28-13-16)32-10-11-33-17(15-32)14-29-26(33)35/h2-7,12-13,17,21H,8-11,14-15H2,1H3,(H,29,35). The SMILES string of the molecule is COc1ccccc1C1CCc2nc3ccc(-c4cnc(N5CCN6C(=O)NCC6C5)nc4)nc3n21. The lowest BCUT2D eigenvalue weighted by molar-refractivity contribution is 0.197. The molecule has 10 nitrogen and oxygen atoms in total. The number of aromatic nitrogens is 5. The average Bonchev–Trinajstić information content (AvgIpc) is 3.62. The van der Waals surface area contributed by atoms with Crippen molar-refractivity contribution in [1.82, 2.24) is 34.7 Å². The van der Waals surface area contributed by atoms with E-state index in [0.717, 1.165) is 65.5 Å². The lowest BCUT2D eigenvalue weighted by Gasteiger charge is -2.36. The molecule has 36 heavy (non-hydrogen) atoms. The van der Waals surface area contributed by atoms with Crippen LogP contribution in [0.15, 0.2) is 48.8 Å². The number of imidazole rings is 1. The van der Waals surface area contributed by atoms with Gasteiger partial charge >= 0.3 is 6.03 Å². The lowest BCUT2D eigenvalue weighted by Crippen LogP contribution is -2.52. The van der Waals surface area contributed by atoms with Crippen LogP contribution in [0, 0.1) is 0 Å². The molecule has 1 aromatic carbocycles. The number of amides is 2. The number of aryl methyl sites for hydroxylation is 1. The number of carbonyl (C=O) groups excluding carboxylic acids is 1. The average molecular weight is 483 g/mol. The molecule has 0 saturated carbocycles. The van der Waals surface area contributed by atoms with Crippen molar-refractivity contribution in [3.8, 4) is 17.0 Å². The van der Waals surface area contributed by atoms with Crippen molar-refractivity contribution in [2.75, 3.05) is 38.2 Å². The van der Waals surface area contributed by atoms with Gasteiger partial charge in [-0.1, -0.05) is 18.2 Å². The lowest BCUT2D eigenvalue weighted by atomic mass is 10.0. The Hall–Kier alpha value is -4.21. The fourth-order valence-electron chi connectivity index (χ4n) is 5.72. The molecular formula is C26H26N8O2. The third-order valence-corrected chi connectivity index (χ3v) is 7.51. The molecule has 0 aliphatic carbocycles. The molecule has 2 atom stereocenters. The molecule has 3 aliphatic heterocycles. The Kier molecular flexibility index (Phi) is 4.80. The van der Waals surface area contributed by atoms with Crippen LogP contribution in [-0.2, 0) is 6.42 Å². The number of hydrogen-bond donors (Lipinski definition) is 1. The van der Waals surface area contributed by atoms with E-state index in [-0.39, 0.29) is 18.1 Å². The fraction of sp³-hybridized carbons (Fsp3) is 0.346. The minimum atomic E-state index is 0.0247. The summed E-state index contributed by atoms with van der Waals surface area (Å²) in [5, 5.41) is 2.91. The van der Waals surface area contributed by atoms with Crippen LogP contribution in [0.1, 0.15) is 23.9 Å².